The summed E-state index contributed by atoms with van der Waals surface area (Å²) in [6, 6.07) is 1.77. The average molecular weight is 338 g/mol. The van der Waals surface area contributed by atoms with Gasteiger partial charge < -0.3 is 11.1 Å². The molecule has 0 saturated carbocycles. The van der Waals surface area contributed by atoms with Gasteiger partial charge in [0.05, 0.1) is 17.3 Å². The number of nitrogens with one attached hydrogen (secondary N) is 1. The third-order valence-electron chi connectivity index (χ3n) is 2.68. The van der Waals surface area contributed by atoms with Crippen LogP contribution in [0, 0.1) is 5.82 Å². The van der Waals surface area contributed by atoms with E-state index in [0.717, 1.165) is 22.9 Å². The monoisotopic (exact) mass is 337 g/mol. The maximum atomic E-state index is 13.2. The van der Waals surface area contributed by atoms with E-state index in [0.29, 0.717) is 6.54 Å². The molecule has 118 valence electrons. The number of nitrogen functional groups attached to an aromatic ring is 1. The lowest BCUT2D eigenvalue weighted by atomic mass is 10.3. The second kappa shape index (κ2) is 7.06. The Morgan fingerprint density at radius 1 is 1.48 bits per heavy atom. The summed E-state index contributed by atoms with van der Waals surface area (Å²) in [4.78, 5) is 11.2. The maximum absolute atomic E-state index is 13.2. The summed E-state index contributed by atoms with van der Waals surface area (Å²) in [5.74, 6) is -1.24. The standard InChI is InChI=1S/C12H17ClFN3O3S/c1-3-4-16-12(18)7-17(2)21(19,20)11-6-10(15)9(14)5-8(11)13/h5-6H,3-4,7,15H2,1-2H3,(H,16,18). The average Bonchev–Trinajstić information content (AvgIpc) is 2.40. The molecule has 9 heteroatoms. The normalized spacial score (nSPS) is 11.7. The molecule has 21 heavy (non-hydrogen) atoms. The van der Waals surface area contributed by atoms with Crippen LogP contribution >= 0.6 is 11.6 Å². The summed E-state index contributed by atoms with van der Waals surface area (Å²) in [7, 11) is -2.80. The third kappa shape index (κ3) is 4.29. The first-order chi connectivity index (χ1) is 9.70. The quantitative estimate of drug-likeness (QED) is 0.763. The van der Waals surface area contributed by atoms with Gasteiger partial charge in [-0.15, -0.1) is 0 Å². The van der Waals surface area contributed by atoms with Gasteiger partial charge in [-0.05, 0) is 18.6 Å². The first-order valence-electron chi connectivity index (χ1n) is 6.17. The summed E-state index contributed by atoms with van der Waals surface area (Å²) < 4.78 is 38.7. The molecule has 0 unspecified atom stereocenters. The Labute approximate surface area is 128 Å². The van der Waals surface area contributed by atoms with E-state index >= 15 is 0 Å². The molecule has 1 aromatic rings. The molecule has 1 rings (SSSR count). The Morgan fingerprint density at radius 2 is 2.10 bits per heavy atom. The van der Waals surface area contributed by atoms with Gasteiger partial charge in [0.25, 0.3) is 0 Å². The molecular weight excluding hydrogens is 321 g/mol. The highest BCUT2D eigenvalue weighted by atomic mass is 35.5. The van der Waals surface area contributed by atoms with E-state index in [-0.39, 0.29) is 22.2 Å². The summed E-state index contributed by atoms with van der Waals surface area (Å²) in [6.07, 6.45) is 0.739. The summed E-state index contributed by atoms with van der Waals surface area (Å²) >= 11 is 5.75. The molecule has 0 aliphatic rings. The lowest BCUT2D eigenvalue weighted by molar-refractivity contribution is -0.121. The minimum atomic E-state index is -4.04. The number of nitrogens with two attached hydrogens (primary N) is 1. The van der Waals surface area contributed by atoms with Crippen LogP contribution in [0.3, 0.4) is 0 Å². The number of benzene rings is 1. The number of hydrogen-bond donors (Lipinski definition) is 2. The fourth-order valence-corrected chi connectivity index (χ4v) is 3.17. The highest BCUT2D eigenvalue weighted by Crippen LogP contribution is 2.28. The first kappa shape index (κ1) is 17.7. The zero-order chi connectivity index (χ0) is 16.2. The van der Waals surface area contributed by atoms with Crippen molar-refractivity contribution in [1.29, 1.82) is 0 Å². The molecule has 0 radical (unpaired) electrons. The van der Waals surface area contributed by atoms with Crippen molar-refractivity contribution >= 4 is 33.2 Å². The van der Waals surface area contributed by atoms with Crippen LogP contribution in [0.4, 0.5) is 10.1 Å². The summed E-state index contributed by atoms with van der Waals surface area (Å²) in [6.45, 7) is 1.97. The van der Waals surface area contributed by atoms with Crippen molar-refractivity contribution in [1.82, 2.24) is 9.62 Å². The van der Waals surface area contributed by atoms with Crippen molar-refractivity contribution < 1.29 is 17.6 Å². The molecule has 6 nitrogen and oxygen atoms in total. The van der Waals surface area contributed by atoms with Crippen molar-refractivity contribution in [3.63, 3.8) is 0 Å². The van der Waals surface area contributed by atoms with Crippen LogP contribution in [0.5, 0.6) is 0 Å². The van der Waals surface area contributed by atoms with Crippen molar-refractivity contribution in [2.45, 2.75) is 18.2 Å². The number of hydrogen-bond acceptors (Lipinski definition) is 4. The van der Waals surface area contributed by atoms with E-state index in [1.54, 1.807) is 0 Å². The number of carbonyl (C=O) groups is 1. The smallest absolute Gasteiger partial charge is 0.244 e. The molecule has 0 aromatic heterocycles. The van der Waals surface area contributed by atoms with Gasteiger partial charge in [0.2, 0.25) is 15.9 Å². The van der Waals surface area contributed by atoms with Gasteiger partial charge in [0.1, 0.15) is 10.7 Å². The molecule has 0 atom stereocenters. The molecule has 0 spiro atoms. The summed E-state index contributed by atoms with van der Waals surface area (Å²) in [5.41, 5.74) is 5.03. The highest BCUT2D eigenvalue weighted by molar-refractivity contribution is 7.89. The largest absolute Gasteiger partial charge is 0.396 e. The van der Waals surface area contributed by atoms with Gasteiger partial charge in [-0.3, -0.25) is 4.79 Å². The zero-order valence-electron chi connectivity index (χ0n) is 11.7. The van der Waals surface area contributed by atoms with Crippen LogP contribution in [-0.4, -0.2) is 38.8 Å². The second-order valence-electron chi connectivity index (χ2n) is 4.42. The number of halogens is 2. The third-order valence-corrected chi connectivity index (χ3v) is 4.95. The van der Waals surface area contributed by atoms with Gasteiger partial charge in [0, 0.05) is 13.6 Å². The Morgan fingerprint density at radius 3 is 2.67 bits per heavy atom. The lowest BCUT2D eigenvalue weighted by Crippen LogP contribution is -2.38. The van der Waals surface area contributed by atoms with Gasteiger partial charge in [0.15, 0.2) is 0 Å². The fourth-order valence-electron chi connectivity index (χ4n) is 1.52. The van der Waals surface area contributed by atoms with Gasteiger partial charge in [-0.2, -0.15) is 4.31 Å². The van der Waals surface area contributed by atoms with Crippen LogP contribution in [0.2, 0.25) is 5.02 Å². The van der Waals surface area contributed by atoms with Crippen LogP contribution in [0.15, 0.2) is 17.0 Å². The van der Waals surface area contributed by atoms with E-state index < -0.39 is 21.7 Å². The van der Waals surface area contributed by atoms with Gasteiger partial charge >= 0.3 is 0 Å². The minimum absolute atomic E-state index is 0.289. The molecule has 0 aliphatic heterocycles. The van der Waals surface area contributed by atoms with E-state index in [1.165, 1.54) is 7.05 Å². The number of sulfonamides is 1. The Kier molecular flexibility index (Phi) is 5.94. The number of rotatable bonds is 6. The van der Waals surface area contributed by atoms with E-state index in [2.05, 4.69) is 5.32 Å². The number of carbonyl (C=O) groups excluding carboxylic acids is 1. The van der Waals surface area contributed by atoms with Crippen molar-refractivity contribution in [3.8, 4) is 0 Å². The van der Waals surface area contributed by atoms with Crippen LogP contribution in [0.1, 0.15) is 13.3 Å². The molecule has 3 N–H and O–H groups in total. The van der Waals surface area contributed by atoms with Crippen LogP contribution in [0.25, 0.3) is 0 Å². The maximum Gasteiger partial charge on any atom is 0.244 e. The highest BCUT2D eigenvalue weighted by Gasteiger charge is 2.26. The number of amides is 1. The molecule has 0 fully saturated rings. The topological polar surface area (TPSA) is 92.5 Å². The summed E-state index contributed by atoms with van der Waals surface area (Å²) in [5, 5.41) is 2.27. The molecule has 0 bridgehead atoms. The zero-order valence-corrected chi connectivity index (χ0v) is 13.3. The predicted octanol–water partition coefficient (Wildman–Crippen LogP) is 1.21. The number of likely N-dealkylation sites (N-methyl/N-ethyl adjacent to an activating group) is 1. The molecule has 1 amide bonds. The molecular formula is C12H17ClFN3O3S. The molecule has 0 aliphatic carbocycles. The van der Waals surface area contributed by atoms with Crippen molar-refractivity contribution in [2.75, 3.05) is 25.9 Å². The lowest BCUT2D eigenvalue weighted by Gasteiger charge is -2.18. The fraction of sp³-hybridized carbons (Fsp3) is 0.417. The predicted molar refractivity (Wildman–Crippen MR) is 78.9 cm³/mol. The van der Waals surface area contributed by atoms with Crippen molar-refractivity contribution in [3.05, 3.63) is 23.0 Å². The van der Waals surface area contributed by atoms with E-state index in [1.807, 2.05) is 6.92 Å². The second-order valence-corrected chi connectivity index (χ2v) is 6.84. The van der Waals surface area contributed by atoms with Crippen molar-refractivity contribution in [2.24, 2.45) is 0 Å². The van der Waals surface area contributed by atoms with Crippen LogP contribution in [-0.2, 0) is 14.8 Å². The number of nitrogens with zero attached hydrogens (tertiary/aromatic N) is 1. The van der Waals surface area contributed by atoms with Crippen LogP contribution < -0.4 is 11.1 Å². The minimum Gasteiger partial charge on any atom is -0.396 e. The first-order valence-corrected chi connectivity index (χ1v) is 7.99. The Balaban J connectivity index is 3.00. The molecule has 0 heterocycles. The molecule has 0 saturated heterocycles. The molecule has 1 aromatic carbocycles. The Bertz CT molecular complexity index is 637. The van der Waals surface area contributed by atoms with Gasteiger partial charge in [-0.1, -0.05) is 18.5 Å². The van der Waals surface area contributed by atoms with Gasteiger partial charge in [-0.25, -0.2) is 12.8 Å². The Hall–Kier alpha value is -1.38. The SMILES string of the molecule is CCCNC(=O)CN(C)S(=O)(=O)c1cc(N)c(F)cc1Cl. The number of anilines is 1. The van der Waals surface area contributed by atoms with E-state index in [4.69, 9.17) is 17.3 Å². The van der Waals surface area contributed by atoms with E-state index in [9.17, 15) is 17.6 Å².